The van der Waals surface area contributed by atoms with Gasteiger partial charge in [0.2, 0.25) is 0 Å². The molecular weight excluding hydrogens is 393 g/mol. The maximum absolute atomic E-state index is 13.4. The molecule has 1 aromatic heterocycles. The van der Waals surface area contributed by atoms with Gasteiger partial charge in [-0.1, -0.05) is 35.3 Å². The summed E-state index contributed by atoms with van der Waals surface area (Å²) in [6.45, 7) is 0. The van der Waals surface area contributed by atoms with Gasteiger partial charge >= 0.3 is 6.18 Å². The van der Waals surface area contributed by atoms with Gasteiger partial charge in [0, 0.05) is 11.6 Å². The smallest absolute Gasteiger partial charge is 0.339 e. The van der Waals surface area contributed by atoms with E-state index in [4.69, 9.17) is 23.2 Å². The standard InChI is InChI=1S/C17H9Cl2F4N3/c18-12-6-5-11(20)7-13(12)24-15-8-14(19)25-16(26-15)9-1-3-10(4-2-9)17(21,22)23/h1-8H,(H,24,25,26). The van der Waals surface area contributed by atoms with Crippen LogP contribution in [0.3, 0.4) is 0 Å². The largest absolute Gasteiger partial charge is 0.416 e. The zero-order valence-electron chi connectivity index (χ0n) is 12.8. The molecule has 0 spiro atoms. The minimum absolute atomic E-state index is 0.0601. The second-order valence-corrected chi connectivity index (χ2v) is 6.02. The van der Waals surface area contributed by atoms with Gasteiger partial charge in [0.05, 0.1) is 16.3 Å². The van der Waals surface area contributed by atoms with E-state index < -0.39 is 17.6 Å². The molecule has 0 aliphatic heterocycles. The zero-order valence-corrected chi connectivity index (χ0v) is 14.3. The number of hydrogen-bond acceptors (Lipinski definition) is 3. The Morgan fingerprint density at radius 3 is 2.23 bits per heavy atom. The lowest BCUT2D eigenvalue weighted by Crippen LogP contribution is -2.04. The van der Waals surface area contributed by atoms with Gasteiger partial charge in [0.25, 0.3) is 0 Å². The van der Waals surface area contributed by atoms with Crippen molar-refractivity contribution in [2.45, 2.75) is 6.18 Å². The van der Waals surface area contributed by atoms with Crippen molar-refractivity contribution >= 4 is 34.7 Å². The van der Waals surface area contributed by atoms with E-state index in [2.05, 4.69) is 15.3 Å². The Balaban J connectivity index is 1.94. The second-order valence-electron chi connectivity index (χ2n) is 5.22. The monoisotopic (exact) mass is 401 g/mol. The van der Waals surface area contributed by atoms with Crippen molar-refractivity contribution in [2.75, 3.05) is 5.32 Å². The summed E-state index contributed by atoms with van der Waals surface area (Å²) in [5, 5.41) is 3.13. The van der Waals surface area contributed by atoms with Crippen LogP contribution in [0.25, 0.3) is 11.4 Å². The highest BCUT2D eigenvalue weighted by atomic mass is 35.5. The summed E-state index contributed by atoms with van der Waals surface area (Å²) in [6, 6.07) is 9.48. The van der Waals surface area contributed by atoms with E-state index in [1.54, 1.807) is 0 Å². The summed E-state index contributed by atoms with van der Waals surface area (Å²) in [4.78, 5) is 8.20. The van der Waals surface area contributed by atoms with Crippen molar-refractivity contribution in [3.8, 4) is 11.4 Å². The second kappa shape index (κ2) is 7.09. The van der Waals surface area contributed by atoms with Gasteiger partial charge in [-0.2, -0.15) is 13.2 Å². The molecular formula is C17H9Cl2F4N3. The number of benzene rings is 2. The minimum Gasteiger partial charge on any atom is -0.339 e. The predicted molar refractivity (Wildman–Crippen MR) is 92.2 cm³/mol. The fraction of sp³-hybridized carbons (Fsp3) is 0.0588. The van der Waals surface area contributed by atoms with Crippen LogP contribution in [-0.2, 0) is 6.18 Å². The van der Waals surface area contributed by atoms with Crippen molar-refractivity contribution in [3.05, 3.63) is 70.1 Å². The highest BCUT2D eigenvalue weighted by Gasteiger charge is 2.30. The third-order valence-electron chi connectivity index (χ3n) is 3.36. The van der Waals surface area contributed by atoms with Crippen molar-refractivity contribution in [1.82, 2.24) is 9.97 Å². The Hall–Kier alpha value is -2.38. The van der Waals surface area contributed by atoms with Crippen LogP contribution in [0.1, 0.15) is 5.56 Å². The third-order valence-corrected chi connectivity index (χ3v) is 3.88. The van der Waals surface area contributed by atoms with E-state index in [0.717, 1.165) is 12.1 Å². The predicted octanol–water partition coefficient (Wildman–Crippen LogP) is 6.35. The normalized spacial score (nSPS) is 11.5. The number of aromatic nitrogens is 2. The van der Waals surface area contributed by atoms with E-state index in [1.165, 1.54) is 36.4 Å². The maximum atomic E-state index is 13.4. The molecule has 26 heavy (non-hydrogen) atoms. The SMILES string of the molecule is Fc1ccc(Cl)c(Nc2cc(Cl)nc(-c3ccc(C(F)(F)F)cc3)n2)c1. The van der Waals surface area contributed by atoms with Gasteiger partial charge in [0.15, 0.2) is 5.82 Å². The van der Waals surface area contributed by atoms with Gasteiger partial charge in [-0.15, -0.1) is 0 Å². The van der Waals surface area contributed by atoms with Crippen LogP contribution < -0.4 is 5.32 Å². The van der Waals surface area contributed by atoms with E-state index in [-0.39, 0.29) is 27.5 Å². The molecule has 0 aliphatic rings. The summed E-state index contributed by atoms with van der Waals surface area (Å²) in [7, 11) is 0. The van der Waals surface area contributed by atoms with Gasteiger partial charge in [-0.3, -0.25) is 0 Å². The third kappa shape index (κ3) is 4.23. The van der Waals surface area contributed by atoms with Crippen molar-refractivity contribution in [2.24, 2.45) is 0 Å². The lowest BCUT2D eigenvalue weighted by atomic mass is 10.1. The van der Waals surface area contributed by atoms with E-state index in [9.17, 15) is 17.6 Å². The Morgan fingerprint density at radius 2 is 1.58 bits per heavy atom. The van der Waals surface area contributed by atoms with Gasteiger partial charge in [-0.05, 0) is 30.3 Å². The Bertz CT molecular complexity index is 944. The Labute approximate surface area is 155 Å². The van der Waals surface area contributed by atoms with Crippen LogP contribution in [0.15, 0.2) is 48.5 Å². The zero-order chi connectivity index (χ0) is 18.9. The van der Waals surface area contributed by atoms with E-state index in [0.29, 0.717) is 5.56 Å². The van der Waals surface area contributed by atoms with Crippen LogP contribution in [0, 0.1) is 5.82 Å². The topological polar surface area (TPSA) is 37.8 Å². The number of anilines is 2. The van der Waals surface area contributed by atoms with Crippen molar-refractivity contribution < 1.29 is 17.6 Å². The fourth-order valence-electron chi connectivity index (χ4n) is 2.15. The molecule has 0 amide bonds. The molecule has 0 saturated carbocycles. The molecule has 0 unspecified atom stereocenters. The van der Waals surface area contributed by atoms with Crippen molar-refractivity contribution in [1.29, 1.82) is 0 Å². The summed E-state index contributed by atoms with van der Waals surface area (Å²) in [6.07, 6.45) is -4.44. The molecule has 2 aromatic carbocycles. The molecule has 0 bridgehead atoms. The highest BCUT2D eigenvalue weighted by molar-refractivity contribution is 6.33. The number of halogens is 6. The van der Waals surface area contributed by atoms with Crippen LogP contribution in [0.4, 0.5) is 29.1 Å². The van der Waals surface area contributed by atoms with Gasteiger partial charge < -0.3 is 5.32 Å². The highest BCUT2D eigenvalue weighted by Crippen LogP contribution is 2.31. The van der Waals surface area contributed by atoms with Crippen LogP contribution in [-0.4, -0.2) is 9.97 Å². The number of nitrogens with one attached hydrogen (secondary N) is 1. The first kappa shape index (κ1) is 18.4. The van der Waals surface area contributed by atoms with Gasteiger partial charge in [0.1, 0.15) is 16.8 Å². The Morgan fingerprint density at radius 1 is 0.885 bits per heavy atom. The molecule has 0 fully saturated rings. The first-order valence-electron chi connectivity index (χ1n) is 7.17. The molecule has 1 heterocycles. The molecule has 3 rings (SSSR count). The number of rotatable bonds is 3. The summed E-state index contributed by atoms with van der Waals surface area (Å²) in [5.74, 6) is -0.173. The van der Waals surface area contributed by atoms with Crippen LogP contribution >= 0.6 is 23.2 Å². The number of hydrogen-bond donors (Lipinski definition) is 1. The fourth-order valence-corrected chi connectivity index (χ4v) is 2.50. The summed E-state index contributed by atoms with van der Waals surface area (Å²) < 4.78 is 51.3. The molecule has 0 radical (unpaired) electrons. The molecule has 3 nitrogen and oxygen atoms in total. The molecule has 0 atom stereocenters. The summed E-state index contributed by atoms with van der Waals surface area (Å²) in [5.41, 5.74) is -0.179. The lowest BCUT2D eigenvalue weighted by Gasteiger charge is -2.10. The van der Waals surface area contributed by atoms with Gasteiger partial charge in [-0.25, -0.2) is 14.4 Å². The molecule has 9 heteroatoms. The number of nitrogens with zero attached hydrogens (tertiary/aromatic N) is 2. The molecule has 3 aromatic rings. The average molecular weight is 402 g/mol. The Kier molecular flexibility index (Phi) is 5.02. The lowest BCUT2D eigenvalue weighted by molar-refractivity contribution is -0.137. The molecule has 0 saturated heterocycles. The minimum atomic E-state index is -4.44. The maximum Gasteiger partial charge on any atom is 0.416 e. The first-order valence-corrected chi connectivity index (χ1v) is 7.92. The molecule has 1 N–H and O–H groups in total. The van der Waals surface area contributed by atoms with Crippen LogP contribution in [0.2, 0.25) is 10.2 Å². The number of alkyl halides is 3. The average Bonchev–Trinajstić information content (AvgIpc) is 2.57. The molecule has 0 aliphatic carbocycles. The quantitative estimate of drug-likeness (QED) is 0.410. The van der Waals surface area contributed by atoms with Crippen molar-refractivity contribution in [3.63, 3.8) is 0 Å². The molecule has 134 valence electrons. The summed E-state index contributed by atoms with van der Waals surface area (Å²) >= 11 is 12.0. The van der Waals surface area contributed by atoms with Crippen LogP contribution in [0.5, 0.6) is 0 Å². The first-order chi connectivity index (χ1) is 12.2. The van der Waals surface area contributed by atoms with E-state index >= 15 is 0 Å². The van der Waals surface area contributed by atoms with E-state index in [1.807, 2.05) is 0 Å².